The first-order valence-corrected chi connectivity index (χ1v) is 8.19. The minimum atomic E-state index is -1.31. The number of amides is 1. The number of nitrogens with zero attached hydrogens (tertiary/aromatic N) is 2. The van der Waals surface area contributed by atoms with Gasteiger partial charge in [-0.1, -0.05) is 18.1 Å². The van der Waals surface area contributed by atoms with E-state index < -0.39 is 17.6 Å². The third-order valence-corrected chi connectivity index (χ3v) is 4.61. The van der Waals surface area contributed by atoms with Crippen LogP contribution in [0.1, 0.15) is 25.0 Å². The first-order valence-electron chi connectivity index (χ1n) is 8.19. The summed E-state index contributed by atoms with van der Waals surface area (Å²) in [5.41, 5.74) is 2.04. The summed E-state index contributed by atoms with van der Waals surface area (Å²) in [6.07, 6.45) is 0.323. The second kappa shape index (κ2) is 6.62. The molecule has 2 atom stereocenters. The van der Waals surface area contributed by atoms with Crippen LogP contribution in [0.15, 0.2) is 42.6 Å². The number of likely N-dealkylation sites (N-methyl/N-ethyl adjacent to an activating group) is 1. The predicted molar refractivity (Wildman–Crippen MR) is 99.2 cm³/mol. The van der Waals surface area contributed by atoms with E-state index in [9.17, 15) is 9.90 Å². The number of guanidine groups is 1. The minimum absolute atomic E-state index is 0.0543. The minimum Gasteiger partial charge on any atom is -0.380 e. The highest BCUT2D eigenvalue weighted by molar-refractivity contribution is 6.01. The lowest BCUT2D eigenvalue weighted by atomic mass is 9.84. The lowest BCUT2D eigenvalue weighted by molar-refractivity contribution is -0.142. The Hall–Kier alpha value is -3.17. The number of aliphatic hydroxyl groups is 1. The third-order valence-electron chi connectivity index (χ3n) is 4.61. The summed E-state index contributed by atoms with van der Waals surface area (Å²) in [4.78, 5) is 17.8. The van der Waals surface area contributed by atoms with Gasteiger partial charge in [0.1, 0.15) is 0 Å². The SMILES string of the molecule is CC#Cc1cccc(-c2cc([C@@]3(C)NC(=N)N(C)C(=O)C3O)ccn2)c1. The highest BCUT2D eigenvalue weighted by atomic mass is 16.3. The Morgan fingerprint density at radius 1 is 1.35 bits per heavy atom. The average Bonchev–Trinajstić information content (AvgIpc) is 2.65. The van der Waals surface area contributed by atoms with Gasteiger partial charge >= 0.3 is 0 Å². The number of hydrogen-bond donors (Lipinski definition) is 3. The Labute approximate surface area is 152 Å². The third kappa shape index (κ3) is 2.93. The molecule has 1 amide bonds. The van der Waals surface area contributed by atoms with Gasteiger partial charge in [-0.3, -0.25) is 20.1 Å². The standard InChI is InChI=1S/C20H20N4O2/c1-4-6-13-7-5-8-14(11-13)16-12-15(9-10-22-16)20(2)17(25)18(26)24(3)19(21)23-20/h5,7-12,17,25H,1-3H3,(H2,21,23)/t17?,20-/m1/s1. The number of carbonyl (C=O) groups excluding carboxylic acids is 1. The molecule has 132 valence electrons. The lowest BCUT2D eigenvalue weighted by Gasteiger charge is -2.43. The van der Waals surface area contributed by atoms with E-state index in [1.807, 2.05) is 30.3 Å². The number of pyridine rings is 1. The van der Waals surface area contributed by atoms with Crippen LogP contribution in [-0.2, 0) is 10.3 Å². The lowest BCUT2D eigenvalue weighted by Crippen LogP contribution is -2.66. The zero-order chi connectivity index (χ0) is 18.9. The van der Waals surface area contributed by atoms with Crippen LogP contribution in [0.5, 0.6) is 0 Å². The summed E-state index contributed by atoms with van der Waals surface area (Å²) in [5.74, 6) is 5.32. The first-order chi connectivity index (χ1) is 12.4. The highest BCUT2D eigenvalue weighted by Crippen LogP contribution is 2.31. The van der Waals surface area contributed by atoms with Gasteiger partial charge in [-0.05, 0) is 43.7 Å². The number of aliphatic hydroxyl groups excluding tert-OH is 1. The fourth-order valence-corrected chi connectivity index (χ4v) is 2.98. The molecule has 1 unspecified atom stereocenters. The van der Waals surface area contributed by atoms with Gasteiger partial charge in [-0.2, -0.15) is 0 Å². The molecule has 0 saturated carbocycles. The maximum absolute atomic E-state index is 12.3. The monoisotopic (exact) mass is 348 g/mol. The van der Waals surface area contributed by atoms with Crippen molar-refractivity contribution in [3.05, 3.63) is 53.7 Å². The molecular weight excluding hydrogens is 328 g/mol. The molecular formula is C20H20N4O2. The quantitative estimate of drug-likeness (QED) is 0.721. The molecule has 0 bridgehead atoms. The van der Waals surface area contributed by atoms with Crippen molar-refractivity contribution < 1.29 is 9.90 Å². The molecule has 1 aliphatic rings. The summed E-state index contributed by atoms with van der Waals surface area (Å²) in [6.45, 7) is 3.49. The van der Waals surface area contributed by atoms with E-state index in [-0.39, 0.29) is 5.96 Å². The Kier molecular flexibility index (Phi) is 4.49. The summed E-state index contributed by atoms with van der Waals surface area (Å²) in [7, 11) is 1.46. The van der Waals surface area contributed by atoms with E-state index in [4.69, 9.17) is 5.41 Å². The van der Waals surface area contributed by atoms with Crippen molar-refractivity contribution in [2.45, 2.75) is 25.5 Å². The van der Waals surface area contributed by atoms with Crippen LogP contribution in [0.25, 0.3) is 11.3 Å². The molecule has 1 aromatic heterocycles. The van der Waals surface area contributed by atoms with Crippen LogP contribution in [0.4, 0.5) is 0 Å². The van der Waals surface area contributed by atoms with Crippen LogP contribution < -0.4 is 5.32 Å². The van der Waals surface area contributed by atoms with Crippen LogP contribution >= 0.6 is 0 Å². The summed E-state index contributed by atoms with van der Waals surface area (Å²) < 4.78 is 0. The van der Waals surface area contributed by atoms with Crippen LogP contribution in [0.3, 0.4) is 0 Å². The van der Waals surface area contributed by atoms with Crippen molar-refractivity contribution in [1.82, 2.24) is 15.2 Å². The van der Waals surface area contributed by atoms with Crippen molar-refractivity contribution in [2.75, 3.05) is 7.05 Å². The molecule has 26 heavy (non-hydrogen) atoms. The molecule has 2 heterocycles. The van der Waals surface area contributed by atoms with E-state index in [0.29, 0.717) is 11.3 Å². The molecule has 0 aliphatic carbocycles. The molecule has 0 spiro atoms. The molecule has 1 fully saturated rings. The molecule has 6 nitrogen and oxygen atoms in total. The van der Waals surface area contributed by atoms with E-state index in [1.54, 1.807) is 26.1 Å². The zero-order valence-corrected chi connectivity index (χ0v) is 14.9. The second-order valence-electron chi connectivity index (χ2n) is 6.36. The van der Waals surface area contributed by atoms with Gasteiger partial charge in [0.25, 0.3) is 5.91 Å². The fourth-order valence-electron chi connectivity index (χ4n) is 2.98. The van der Waals surface area contributed by atoms with E-state index in [1.165, 1.54) is 7.05 Å². The van der Waals surface area contributed by atoms with Gasteiger partial charge in [-0.25, -0.2) is 0 Å². The summed E-state index contributed by atoms with van der Waals surface area (Å²) in [5, 5.41) is 21.4. The van der Waals surface area contributed by atoms with Crippen molar-refractivity contribution in [3.8, 4) is 23.1 Å². The first kappa shape index (κ1) is 17.6. The van der Waals surface area contributed by atoms with Gasteiger partial charge < -0.3 is 10.4 Å². The smallest absolute Gasteiger partial charge is 0.260 e. The molecule has 3 N–H and O–H groups in total. The Morgan fingerprint density at radius 3 is 2.85 bits per heavy atom. The van der Waals surface area contributed by atoms with Gasteiger partial charge in [0.05, 0.1) is 11.2 Å². The number of aromatic nitrogens is 1. The zero-order valence-electron chi connectivity index (χ0n) is 14.9. The summed E-state index contributed by atoms with van der Waals surface area (Å²) in [6, 6.07) is 11.3. The number of hydrogen-bond acceptors (Lipinski definition) is 4. The van der Waals surface area contributed by atoms with E-state index in [0.717, 1.165) is 16.0 Å². The van der Waals surface area contributed by atoms with Gasteiger partial charge in [-0.15, -0.1) is 5.92 Å². The number of rotatable bonds is 2. The van der Waals surface area contributed by atoms with Gasteiger partial charge in [0.2, 0.25) is 0 Å². The number of benzene rings is 1. The highest BCUT2D eigenvalue weighted by Gasteiger charge is 2.46. The fraction of sp³-hybridized carbons (Fsp3) is 0.250. The van der Waals surface area contributed by atoms with Crippen molar-refractivity contribution >= 4 is 11.9 Å². The maximum Gasteiger partial charge on any atom is 0.260 e. The number of carbonyl (C=O) groups is 1. The molecule has 2 aromatic rings. The van der Waals surface area contributed by atoms with E-state index in [2.05, 4.69) is 22.1 Å². The predicted octanol–water partition coefficient (Wildman–Crippen LogP) is 1.69. The van der Waals surface area contributed by atoms with Crippen LogP contribution in [0.2, 0.25) is 0 Å². The van der Waals surface area contributed by atoms with Crippen LogP contribution in [-0.4, -0.2) is 40.0 Å². The van der Waals surface area contributed by atoms with Crippen LogP contribution in [0, 0.1) is 17.3 Å². The molecule has 6 heteroatoms. The maximum atomic E-state index is 12.3. The average molecular weight is 348 g/mol. The Morgan fingerprint density at radius 2 is 2.12 bits per heavy atom. The topological polar surface area (TPSA) is 89.3 Å². The van der Waals surface area contributed by atoms with Gasteiger partial charge in [0.15, 0.2) is 12.1 Å². The number of nitrogens with one attached hydrogen (secondary N) is 2. The van der Waals surface area contributed by atoms with Crippen molar-refractivity contribution in [2.24, 2.45) is 0 Å². The van der Waals surface area contributed by atoms with Crippen molar-refractivity contribution in [3.63, 3.8) is 0 Å². The molecule has 3 rings (SSSR count). The van der Waals surface area contributed by atoms with E-state index >= 15 is 0 Å². The molecule has 1 aliphatic heterocycles. The molecule has 0 radical (unpaired) electrons. The van der Waals surface area contributed by atoms with Gasteiger partial charge in [0, 0.05) is 24.4 Å². The largest absolute Gasteiger partial charge is 0.380 e. The normalized spacial score (nSPS) is 22.5. The Bertz CT molecular complexity index is 944. The Balaban J connectivity index is 2.04. The van der Waals surface area contributed by atoms with Crippen molar-refractivity contribution in [1.29, 1.82) is 5.41 Å². The summed E-state index contributed by atoms with van der Waals surface area (Å²) >= 11 is 0. The second-order valence-corrected chi connectivity index (χ2v) is 6.36. The molecule has 1 aromatic carbocycles. The molecule has 1 saturated heterocycles.